The Morgan fingerprint density at radius 1 is 0.203 bits per heavy atom. The first-order valence-corrected chi connectivity index (χ1v) is 25.7. The summed E-state index contributed by atoms with van der Waals surface area (Å²) < 4.78 is 5.15. The first kappa shape index (κ1) is 40.9. The van der Waals surface area contributed by atoms with Gasteiger partial charge in [-0.15, -0.1) is 0 Å². The molecular weight excluding hydrogens is 893 g/mol. The smallest absolute Gasteiger partial charge is 0.0620 e. The molecule has 0 saturated carbocycles. The molecule has 2 heterocycles. The van der Waals surface area contributed by atoms with Gasteiger partial charge in [0.15, 0.2) is 0 Å². The maximum atomic E-state index is 2.57. The Labute approximate surface area is 427 Å². The fourth-order valence-electron chi connectivity index (χ4n) is 12.8. The summed E-state index contributed by atoms with van der Waals surface area (Å²) in [5.41, 5.74) is 14.2. The molecule has 2 nitrogen and oxygen atoms in total. The molecule has 14 aromatic carbocycles. The van der Waals surface area contributed by atoms with Gasteiger partial charge >= 0.3 is 0 Å². The first-order chi connectivity index (χ1) is 36.7. The summed E-state index contributed by atoms with van der Waals surface area (Å²) in [5.74, 6) is 0. The van der Waals surface area contributed by atoms with E-state index < -0.39 is 0 Å². The van der Waals surface area contributed by atoms with E-state index in [1.165, 1.54) is 142 Å². The average Bonchev–Trinajstić information content (AvgIpc) is 4.04. The van der Waals surface area contributed by atoms with Crippen LogP contribution >= 0.6 is 0 Å². The van der Waals surface area contributed by atoms with Crippen LogP contribution in [0.3, 0.4) is 0 Å². The van der Waals surface area contributed by atoms with Crippen LogP contribution in [0, 0.1) is 0 Å². The SMILES string of the molecule is c1ccc(-c2c(-c3ccccc3)n(-c3ccc4c(ccc5ccccc54)c3)c3c2cc2ccc4c5c(ccc3c25)cc2c(-c3ccccc3)c(-c3ccccc3)n(-c3ccc5c(ccc6ccccc65)c3)c24)cc1. The zero-order chi connectivity index (χ0) is 48.4. The Hall–Kier alpha value is -9.76. The number of benzene rings is 14. The predicted molar refractivity (Wildman–Crippen MR) is 316 cm³/mol. The van der Waals surface area contributed by atoms with Crippen molar-refractivity contribution in [2.75, 3.05) is 0 Å². The molecule has 2 heteroatoms. The summed E-state index contributed by atoms with van der Waals surface area (Å²) in [5, 5.41) is 19.9. The lowest BCUT2D eigenvalue weighted by Crippen LogP contribution is -1.99. The Morgan fingerprint density at radius 2 is 0.527 bits per heavy atom. The van der Waals surface area contributed by atoms with E-state index in [1.807, 2.05) is 0 Å². The predicted octanol–water partition coefficient (Wildman–Crippen LogP) is 19.8. The fraction of sp³-hybridized carbons (Fsp3) is 0. The molecule has 0 aliphatic rings. The number of rotatable bonds is 6. The molecule has 0 aliphatic carbocycles. The monoisotopic (exact) mass is 936 g/mol. The van der Waals surface area contributed by atoms with Crippen molar-refractivity contribution >= 4 is 97.2 Å². The van der Waals surface area contributed by atoms with Crippen LogP contribution in [0.5, 0.6) is 0 Å². The van der Waals surface area contributed by atoms with E-state index in [0.717, 1.165) is 11.4 Å². The van der Waals surface area contributed by atoms with Gasteiger partial charge in [-0.2, -0.15) is 0 Å². The average molecular weight is 937 g/mol. The molecule has 0 unspecified atom stereocenters. The Balaban J connectivity index is 1.07. The molecule has 0 spiro atoms. The van der Waals surface area contributed by atoms with E-state index in [1.54, 1.807) is 0 Å². The summed E-state index contributed by atoms with van der Waals surface area (Å²) in [7, 11) is 0. The van der Waals surface area contributed by atoms with Crippen LogP contribution in [0.2, 0.25) is 0 Å². The van der Waals surface area contributed by atoms with E-state index >= 15 is 0 Å². The van der Waals surface area contributed by atoms with Crippen molar-refractivity contribution in [1.82, 2.24) is 9.13 Å². The largest absolute Gasteiger partial charge is 0.308 e. The number of aromatic nitrogens is 2. The third-order valence-electron chi connectivity index (χ3n) is 15.9. The molecule has 0 amide bonds. The highest BCUT2D eigenvalue weighted by atomic mass is 15.0. The van der Waals surface area contributed by atoms with Gasteiger partial charge < -0.3 is 9.13 Å². The van der Waals surface area contributed by atoms with Crippen molar-refractivity contribution < 1.29 is 0 Å². The van der Waals surface area contributed by atoms with Gasteiger partial charge in [0, 0.05) is 44.0 Å². The molecule has 0 atom stereocenters. The molecule has 0 radical (unpaired) electrons. The van der Waals surface area contributed by atoms with Gasteiger partial charge in [-0.3, -0.25) is 0 Å². The number of nitrogens with zero attached hydrogens (tertiary/aromatic N) is 2. The number of hydrogen-bond donors (Lipinski definition) is 0. The van der Waals surface area contributed by atoms with Crippen molar-refractivity contribution in [3.8, 4) is 56.1 Å². The van der Waals surface area contributed by atoms with Crippen molar-refractivity contribution in [3.05, 3.63) is 267 Å². The van der Waals surface area contributed by atoms with Crippen LogP contribution in [0.1, 0.15) is 0 Å². The van der Waals surface area contributed by atoms with Gasteiger partial charge in [-0.1, -0.05) is 231 Å². The van der Waals surface area contributed by atoms with E-state index in [2.05, 4.69) is 276 Å². The minimum Gasteiger partial charge on any atom is -0.308 e. The van der Waals surface area contributed by atoms with Gasteiger partial charge in [-0.05, 0) is 123 Å². The number of fused-ring (bicyclic) bond motifs is 10. The quantitative estimate of drug-likeness (QED) is 0.147. The van der Waals surface area contributed by atoms with Gasteiger partial charge in [0.2, 0.25) is 0 Å². The summed E-state index contributed by atoms with van der Waals surface area (Å²) in [4.78, 5) is 0. The normalized spacial score (nSPS) is 12.1. The third kappa shape index (κ3) is 5.94. The summed E-state index contributed by atoms with van der Waals surface area (Å²) >= 11 is 0. The summed E-state index contributed by atoms with van der Waals surface area (Å²) in [6, 6.07) is 99.4. The van der Waals surface area contributed by atoms with Crippen LogP contribution in [0.4, 0.5) is 0 Å². The Kier molecular flexibility index (Phi) is 8.78. The zero-order valence-corrected chi connectivity index (χ0v) is 40.3. The molecule has 0 saturated heterocycles. The van der Waals surface area contributed by atoms with Crippen molar-refractivity contribution in [3.63, 3.8) is 0 Å². The van der Waals surface area contributed by atoms with Crippen molar-refractivity contribution in [2.24, 2.45) is 0 Å². The topological polar surface area (TPSA) is 9.86 Å². The lowest BCUT2D eigenvalue weighted by atomic mass is 9.89. The van der Waals surface area contributed by atoms with E-state index in [0.29, 0.717) is 0 Å². The standard InChI is InChI=1S/C72H44N2/c1-5-19-47(20-6-1)67-63-43-53-33-38-62-66-54(34-37-61(65(53)66)71(63)73(69(67)49-23-9-3-10-24-49)55-35-39-59-51(41-55)31-29-45-17-13-15-27-57(45)59)44-64-68(48-21-7-2-8-22-48)70(50-25-11-4-12-26-50)74(72(62)64)56-36-40-60-52(42-56)32-30-46-18-14-16-28-58(46)60/h1-44H. The minimum atomic E-state index is 1.13. The van der Waals surface area contributed by atoms with E-state index in [-0.39, 0.29) is 0 Å². The zero-order valence-electron chi connectivity index (χ0n) is 40.3. The third-order valence-corrected chi connectivity index (χ3v) is 15.9. The highest BCUT2D eigenvalue weighted by Crippen LogP contribution is 2.52. The van der Waals surface area contributed by atoms with Crippen LogP contribution in [0.15, 0.2) is 267 Å². The van der Waals surface area contributed by atoms with Crippen molar-refractivity contribution in [2.45, 2.75) is 0 Å². The Morgan fingerprint density at radius 3 is 0.946 bits per heavy atom. The van der Waals surface area contributed by atoms with Gasteiger partial charge in [0.1, 0.15) is 0 Å². The van der Waals surface area contributed by atoms with Crippen LogP contribution in [-0.2, 0) is 0 Å². The molecular formula is C72H44N2. The molecule has 0 N–H and O–H groups in total. The molecule has 342 valence electrons. The number of hydrogen-bond acceptors (Lipinski definition) is 0. The first-order valence-electron chi connectivity index (χ1n) is 25.7. The van der Waals surface area contributed by atoms with Gasteiger partial charge in [0.05, 0.1) is 22.4 Å². The second kappa shape index (κ2) is 15.9. The van der Waals surface area contributed by atoms with Crippen LogP contribution in [-0.4, -0.2) is 9.13 Å². The Bertz CT molecular complexity index is 4600. The minimum absolute atomic E-state index is 1.13. The molecule has 74 heavy (non-hydrogen) atoms. The summed E-state index contributed by atoms with van der Waals surface area (Å²) in [6.45, 7) is 0. The fourth-order valence-corrected chi connectivity index (χ4v) is 12.8. The lowest BCUT2D eigenvalue weighted by Gasteiger charge is -2.18. The van der Waals surface area contributed by atoms with E-state index in [4.69, 9.17) is 0 Å². The second-order valence-electron chi connectivity index (χ2n) is 19.9. The van der Waals surface area contributed by atoms with E-state index in [9.17, 15) is 0 Å². The van der Waals surface area contributed by atoms with Crippen LogP contribution < -0.4 is 0 Å². The lowest BCUT2D eigenvalue weighted by molar-refractivity contribution is 1.14. The molecule has 16 aromatic rings. The van der Waals surface area contributed by atoms with Crippen molar-refractivity contribution in [1.29, 1.82) is 0 Å². The molecule has 16 rings (SSSR count). The molecule has 0 bridgehead atoms. The molecule has 2 aromatic heterocycles. The maximum Gasteiger partial charge on any atom is 0.0620 e. The summed E-state index contributed by atoms with van der Waals surface area (Å²) in [6.07, 6.45) is 0. The van der Waals surface area contributed by atoms with Gasteiger partial charge in [-0.25, -0.2) is 0 Å². The van der Waals surface area contributed by atoms with Gasteiger partial charge in [0.25, 0.3) is 0 Å². The maximum absolute atomic E-state index is 2.57. The van der Waals surface area contributed by atoms with Crippen LogP contribution in [0.25, 0.3) is 153 Å². The molecule has 0 fully saturated rings. The second-order valence-corrected chi connectivity index (χ2v) is 19.9. The highest BCUT2D eigenvalue weighted by Gasteiger charge is 2.28. The molecule has 0 aliphatic heterocycles. The highest BCUT2D eigenvalue weighted by molar-refractivity contribution is 6.35.